The summed E-state index contributed by atoms with van der Waals surface area (Å²) in [4.78, 5) is 18.2. The largest absolute Gasteiger partial charge is 0.478 e. The zero-order chi connectivity index (χ0) is 29.8. The van der Waals surface area contributed by atoms with Crippen molar-refractivity contribution < 1.29 is 41.4 Å². The van der Waals surface area contributed by atoms with E-state index in [1.165, 1.54) is 35.6 Å². The Morgan fingerprint density at radius 3 is 2.20 bits per heavy atom. The van der Waals surface area contributed by atoms with Crippen LogP contribution in [0, 0.1) is 0 Å². The number of hydrogen-bond acceptors (Lipinski definition) is 9. The van der Waals surface area contributed by atoms with Crippen molar-refractivity contribution >= 4 is 55.8 Å². The molecule has 0 aliphatic carbocycles. The highest BCUT2D eigenvalue weighted by Gasteiger charge is 2.29. The molecule has 216 valence electrons. The molecule has 0 spiro atoms. The number of benzene rings is 3. The summed E-state index contributed by atoms with van der Waals surface area (Å²) in [5, 5.41) is 11.7. The lowest BCUT2D eigenvalue weighted by Gasteiger charge is -2.23. The van der Waals surface area contributed by atoms with Crippen molar-refractivity contribution in [3.8, 4) is 11.3 Å². The Morgan fingerprint density at radius 2 is 1.63 bits per heavy atom. The number of nitrogens with zero attached hydrogens (tertiary/aromatic N) is 2. The molecule has 0 aliphatic rings. The Labute approximate surface area is 246 Å². The van der Waals surface area contributed by atoms with Crippen LogP contribution < -0.4 is 4.90 Å². The van der Waals surface area contributed by atoms with Gasteiger partial charge in [-0.2, -0.15) is 0 Å². The molecule has 4 aromatic rings. The van der Waals surface area contributed by atoms with Gasteiger partial charge in [-0.15, -0.1) is 20.8 Å². The molecule has 1 heterocycles. The topological polar surface area (TPSA) is 123 Å². The number of carboxylic acids is 1. The van der Waals surface area contributed by atoms with Crippen LogP contribution in [-0.4, -0.2) is 30.7 Å². The van der Waals surface area contributed by atoms with Gasteiger partial charge >= 0.3 is 13.6 Å². The molecule has 41 heavy (non-hydrogen) atoms. The van der Waals surface area contributed by atoms with Crippen molar-refractivity contribution in [2.45, 2.75) is 24.1 Å². The van der Waals surface area contributed by atoms with E-state index < -0.39 is 29.6 Å². The van der Waals surface area contributed by atoms with Gasteiger partial charge in [0.1, 0.15) is 0 Å². The predicted octanol–water partition coefficient (Wildman–Crippen LogP) is 7.38. The second-order valence-corrected chi connectivity index (χ2v) is 14.5. The number of halogens is 3. The molecule has 3 aromatic carbocycles. The molecule has 0 unspecified atom stereocenters. The van der Waals surface area contributed by atoms with Crippen molar-refractivity contribution in [2.75, 3.05) is 11.2 Å². The number of aromatic carboxylic acids is 1. The summed E-state index contributed by atoms with van der Waals surface area (Å²) in [6.45, 7) is 0.691. The molecule has 1 N–H and O–H groups in total. The van der Waals surface area contributed by atoms with Crippen LogP contribution in [0.4, 0.5) is 14.2 Å². The minimum atomic E-state index is -4.57. The fourth-order valence-electron chi connectivity index (χ4n) is 3.89. The fraction of sp³-hybridized carbons (Fsp3) is 0.154. The van der Waals surface area contributed by atoms with E-state index in [0.717, 1.165) is 22.9 Å². The Hall–Kier alpha value is -3.00. The summed E-state index contributed by atoms with van der Waals surface area (Å²) in [5.41, 5.74) is 3.42. The number of carboxylic acid groups (broad SMARTS) is 1. The van der Waals surface area contributed by atoms with E-state index in [2.05, 4.69) is 25.4 Å². The Morgan fingerprint density at radius 1 is 1.02 bits per heavy atom. The van der Waals surface area contributed by atoms with Gasteiger partial charge in [-0.3, -0.25) is 4.57 Å². The highest BCUT2D eigenvalue weighted by molar-refractivity contribution is 9.10. The predicted molar refractivity (Wildman–Crippen MR) is 154 cm³/mol. The van der Waals surface area contributed by atoms with Crippen LogP contribution in [0.25, 0.3) is 11.3 Å². The normalized spacial score (nSPS) is 11.9. The summed E-state index contributed by atoms with van der Waals surface area (Å²) in [5.74, 6) is -1.04. The molecule has 0 atom stereocenters. The van der Waals surface area contributed by atoms with E-state index >= 15 is 0 Å². The molecule has 0 saturated carbocycles. The first-order chi connectivity index (χ1) is 19.4. The third kappa shape index (κ3) is 7.85. The minimum Gasteiger partial charge on any atom is -0.478 e. The second-order valence-electron chi connectivity index (χ2n) is 9.00. The third-order valence-corrected chi connectivity index (χ3v) is 9.90. The molecule has 0 saturated heterocycles. The van der Waals surface area contributed by atoms with E-state index in [0.29, 0.717) is 34.0 Å². The average Bonchev–Trinajstić information content (AvgIpc) is 3.44. The van der Waals surface area contributed by atoms with Crippen LogP contribution in [0.3, 0.4) is 0 Å². The maximum atomic E-state index is 12.6. The van der Waals surface area contributed by atoms with Crippen molar-refractivity contribution in [2.24, 2.45) is 0 Å². The summed E-state index contributed by atoms with van der Waals surface area (Å²) < 4.78 is 67.5. The van der Waals surface area contributed by atoms with E-state index in [-0.39, 0.29) is 10.5 Å². The van der Waals surface area contributed by atoms with Crippen molar-refractivity contribution in [1.29, 1.82) is 0 Å². The Bertz CT molecular complexity index is 1690. The molecular weight excluding hydrogens is 665 g/mol. The highest BCUT2D eigenvalue weighted by atomic mass is 79.9. The van der Waals surface area contributed by atoms with Crippen LogP contribution in [0.5, 0.6) is 0 Å². The number of rotatable bonds is 12. The molecular formula is C26H22BrF2N2O7PS2. The standard InChI is InChI=1S/C26H22BrF2N2O7PS2/c1-41(35,36)22-10-8-19(9-11-22)24-16-40-26(30-24)31(13-17-2-5-20(6-3-17)25(32)33)14-18-4-7-21(23(27)12-18)15-39(34,37-28)38-29/h2-12,16H,13-15H2,1H3,(H,32,33). The zero-order valence-corrected chi connectivity index (χ0v) is 25.4. The highest BCUT2D eigenvalue weighted by Crippen LogP contribution is 2.53. The molecule has 0 fully saturated rings. The van der Waals surface area contributed by atoms with Gasteiger partial charge in [-0.25, -0.2) is 18.2 Å². The zero-order valence-electron chi connectivity index (χ0n) is 21.2. The molecule has 0 bridgehead atoms. The average molecular weight is 687 g/mol. The van der Waals surface area contributed by atoms with Gasteiger partial charge in [-0.05, 0) is 56.1 Å². The lowest BCUT2D eigenvalue weighted by atomic mass is 10.1. The van der Waals surface area contributed by atoms with E-state index in [9.17, 15) is 31.9 Å². The van der Waals surface area contributed by atoms with Gasteiger partial charge in [0, 0.05) is 34.8 Å². The molecule has 0 aliphatic heterocycles. The number of aromatic nitrogens is 1. The second kappa shape index (κ2) is 12.9. The first kappa shape index (κ1) is 30.9. The van der Waals surface area contributed by atoms with Gasteiger partial charge in [0.25, 0.3) is 0 Å². The third-order valence-electron chi connectivity index (χ3n) is 5.98. The summed E-state index contributed by atoms with van der Waals surface area (Å²) >= 11 is 4.71. The summed E-state index contributed by atoms with van der Waals surface area (Å²) in [7, 11) is -7.91. The monoisotopic (exact) mass is 686 g/mol. The quantitative estimate of drug-likeness (QED) is 0.152. The first-order valence-electron chi connectivity index (χ1n) is 11.7. The molecule has 0 amide bonds. The minimum absolute atomic E-state index is 0.153. The molecule has 9 nitrogen and oxygen atoms in total. The van der Waals surface area contributed by atoms with Gasteiger partial charge in [0.05, 0.1) is 22.3 Å². The summed E-state index contributed by atoms with van der Waals surface area (Å²) in [6, 6.07) is 17.8. The van der Waals surface area contributed by atoms with Gasteiger partial charge in [-0.1, -0.05) is 52.3 Å². The van der Waals surface area contributed by atoms with E-state index in [1.807, 2.05) is 10.3 Å². The number of sulfone groups is 1. The Kier molecular flexibility index (Phi) is 9.73. The van der Waals surface area contributed by atoms with Gasteiger partial charge in [0.2, 0.25) is 0 Å². The fourth-order valence-corrected chi connectivity index (χ4v) is 6.95. The van der Waals surface area contributed by atoms with E-state index in [4.69, 9.17) is 4.98 Å². The van der Waals surface area contributed by atoms with E-state index in [1.54, 1.807) is 42.5 Å². The maximum absolute atomic E-state index is 12.6. The van der Waals surface area contributed by atoms with Crippen molar-refractivity contribution in [1.82, 2.24) is 4.98 Å². The van der Waals surface area contributed by atoms with Crippen LogP contribution in [0.1, 0.15) is 27.0 Å². The SMILES string of the molecule is CS(=O)(=O)c1ccc(-c2csc(N(Cc3ccc(C(=O)O)cc3)Cc3ccc(CP(=O)(OF)OF)c(Br)c3)n2)cc1. The maximum Gasteiger partial charge on any atom is 0.399 e. The number of carbonyl (C=O) groups is 1. The number of thiazole rings is 1. The first-order valence-corrected chi connectivity index (χ1v) is 17.0. The molecule has 15 heteroatoms. The number of anilines is 1. The molecule has 4 rings (SSSR count). The lowest BCUT2D eigenvalue weighted by molar-refractivity contribution is -0.0881. The molecule has 1 aromatic heterocycles. The van der Waals surface area contributed by atoms with Crippen LogP contribution in [0.15, 0.2) is 81.5 Å². The van der Waals surface area contributed by atoms with Crippen molar-refractivity contribution in [3.63, 3.8) is 0 Å². The van der Waals surface area contributed by atoms with Gasteiger partial charge in [0.15, 0.2) is 15.0 Å². The smallest absolute Gasteiger partial charge is 0.399 e. The van der Waals surface area contributed by atoms with Crippen LogP contribution in [-0.2, 0) is 43.1 Å². The molecule has 0 radical (unpaired) electrons. The van der Waals surface area contributed by atoms with Crippen molar-refractivity contribution in [3.05, 3.63) is 98.8 Å². The Balaban J connectivity index is 1.63. The van der Waals surface area contributed by atoms with Crippen LogP contribution >= 0.6 is 34.9 Å². The summed E-state index contributed by atoms with van der Waals surface area (Å²) in [6.07, 6.45) is 0.505. The van der Waals surface area contributed by atoms with Gasteiger partial charge < -0.3 is 10.0 Å². The number of hydrogen-bond donors (Lipinski definition) is 1. The lowest BCUT2D eigenvalue weighted by Crippen LogP contribution is -2.22. The van der Waals surface area contributed by atoms with Crippen LogP contribution in [0.2, 0.25) is 0 Å².